The van der Waals surface area contributed by atoms with Crippen molar-refractivity contribution in [3.63, 3.8) is 0 Å². The molecule has 1 heterocycles. The van der Waals surface area contributed by atoms with Crippen molar-refractivity contribution in [2.75, 3.05) is 26.2 Å². The van der Waals surface area contributed by atoms with Crippen molar-refractivity contribution in [3.8, 4) is 0 Å². The van der Waals surface area contributed by atoms with Crippen LogP contribution in [0.4, 0.5) is 13.2 Å². The Morgan fingerprint density at radius 1 is 1.00 bits per heavy atom. The van der Waals surface area contributed by atoms with Gasteiger partial charge in [-0.3, -0.25) is 9.59 Å². The highest BCUT2D eigenvalue weighted by Gasteiger charge is 2.42. The number of nitrogens with zero attached hydrogens (tertiary/aromatic N) is 2. The van der Waals surface area contributed by atoms with Crippen molar-refractivity contribution >= 4 is 11.8 Å². The highest BCUT2D eigenvalue weighted by molar-refractivity contribution is 5.82. The number of carbonyl (C=O) groups excluding carboxylic acids is 2. The number of carbonyl (C=O) groups is 2. The normalized spacial score (nSPS) is 18.2. The van der Waals surface area contributed by atoms with Crippen molar-refractivity contribution in [1.29, 1.82) is 0 Å². The molecule has 1 fully saturated rings. The van der Waals surface area contributed by atoms with Crippen LogP contribution in [0.1, 0.15) is 13.3 Å². The standard InChI is InChI=1S/C9H13F3N2O2/c1-7(15)13-3-2-4-14(6-5-13)8(16)9(10,11)12/h2-6H2,1H3. The monoisotopic (exact) mass is 238 g/mol. The van der Waals surface area contributed by atoms with E-state index in [1.54, 1.807) is 0 Å². The molecule has 1 aliphatic rings. The summed E-state index contributed by atoms with van der Waals surface area (Å²) in [5.41, 5.74) is 0. The molecule has 0 saturated carbocycles. The van der Waals surface area contributed by atoms with Gasteiger partial charge in [0.2, 0.25) is 5.91 Å². The first kappa shape index (κ1) is 12.8. The molecule has 2 amide bonds. The van der Waals surface area contributed by atoms with E-state index in [9.17, 15) is 22.8 Å². The highest BCUT2D eigenvalue weighted by Crippen LogP contribution is 2.19. The summed E-state index contributed by atoms with van der Waals surface area (Å²) in [6.07, 6.45) is -4.45. The fourth-order valence-corrected chi connectivity index (χ4v) is 1.61. The lowest BCUT2D eigenvalue weighted by molar-refractivity contribution is -0.185. The molecule has 1 rings (SSSR count). The number of hydrogen-bond donors (Lipinski definition) is 0. The molecule has 0 spiro atoms. The summed E-state index contributed by atoms with van der Waals surface area (Å²) < 4.78 is 36.5. The van der Waals surface area contributed by atoms with Crippen LogP contribution in [0.5, 0.6) is 0 Å². The lowest BCUT2D eigenvalue weighted by Crippen LogP contribution is -2.43. The van der Waals surface area contributed by atoms with Gasteiger partial charge < -0.3 is 9.80 Å². The SMILES string of the molecule is CC(=O)N1CCCN(C(=O)C(F)(F)F)CC1. The number of hydrogen-bond acceptors (Lipinski definition) is 2. The zero-order valence-corrected chi connectivity index (χ0v) is 8.88. The summed E-state index contributed by atoms with van der Waals surface area (Å²) in [6, 6.07) is 0. The molecular formula is C9H13F3N2O2. The predicted octanol–water partition coefficient (Wildman–Crippen LogP) is 0.629. The van der Waals surface area contributed by atoms with Gasteiger partial charge in [-0.15, -0.1) is 0 Å². The second-order valence-corrected chi connectivity index (χ2v) is 3.65. The Balaban J connectivity index is 2.60. The Bertz CT molecular complexity index is 291. The summed E-state index contributed by atoms with van der Waals surface area (Å²) in [5, 5.41) is 0. The third-order valence-corrected chi connectivity index (χ3v) is 2.47. The third-order valence-electron chi connectivity index (χ3n) is 2.47. The minimum atomic E-state index is -4.83. The van der Waals surface area contributed by atoms with Crippen LogP contribution >= 0.6 is 0 Å². The quantitative estimate of drug-likeness (QED) is 0.621. The molecule has 0 N–H and O–H groups in total. The zero-order chi connectivity index (χ0) is 12.3. The lowest BCUT2D eigenvalue weighted by atomic mass is 10.3. The van der Waals surface area contributed by atoms with Gasteiger partial charge in [0.1, 0.15) is 0 Å². The Morgan fingerprint density at radius 3 is 2.00 bits per heavy atom. The minimum absolute atomic E-state index is 0.0438. The van der Waals surface area contributed by atoms with Gasteiger partial charge in [-0.25, -0.2) is 0 Å². The van der Waals surface area contributed by atoms with Crippen LogP contribution in [0.25, 0.3) is 0 Å². The third kappa shape index (κ3) is 3.11. The summed E-state index contributed by atoms with van der Waals surface area (Å²) in [5.74, 6) is -2.00. The molecule has 0 unspecified atom stereocenters. The van der Waals surface area contributed by atoms with Gasteiger partial charge >= 0.3 is 12.1 Å². The molecule has 1 aliphatic heterocycles. The van der Waals surface area contributed by atoms with E-state index in [0.29, 0.717) is 13.0 Å². The van der Waals surface area contributed by atoms with Crippen molar-refractivity contribution in [2.24, 2.45) is 0 Å². The molecule has 7 heteroatoms. The molecular weight excluding hydrogens is 225 g/mol. The molecule has 0 bridgehead atoms. The van der Waals surface area contributed by atoms with Crippen LogP contribution in [0.2, 0.25) is 0 Å². The average Bonchev–Trinajstić information content (AvgIpc) is 2.39. The summed E-state index contributed by atoms with van der Waals surface area (Å²) in [4.78, 5) is 24.2. The van der Waals surface area contributed by atoms with E-state index in [2.05, 4.69) is 0 Å². The van der Waals surface area contributed by atoms with Crippen LogP contribution in [0, 0.1) is 0 Å². The second-order valence-electron chi connectivity index (χ2n) is 3.65. The topological polar surface area (TPSA) is 40.6 Å². The van der Waals surface area contributed by atoms with Gasteiger partial charge in [-0.05, 0) is 6.42 Å². The number of alkyl halides is 3. The fraction of sp³-hybridized carbons (Fsp3) is 0.778. The maximum Gasteiger partial charge on any atom is 0.471 e. The van der Waals surface area contributed by atoms with Crippen LogP contribution in [-0.4, -0.2) is 54.0 Å². The molecule has 0 aromatic heterocycles. The van der Waals surface area contributed by atoms with Crippen LogP contribution in [-0.2, 0) is 9.59 Å². The molecule has 4 nitrogen and oxygen atoms in total. The maximum atomic E-state index is 12.2. The van der Waals surface area contributed by atoms with Gasteiger partial charge in [0, 0.05) is 33.1 Å². The summed E-state index contributed by atoms with van der Waals surface area (Å²) in [6.45, 7) is 1.91. The predicted molar refractivity (Wildman–Crippen MR) is 49.5 cm³/mol. The molecule has 16 heavy (non-hydrogen) atoms. The fourth-order valence-electron chi connectivity index (χ4n) is 1.61. The Kier molecular flexibility index (Phi) is 3.77. The van der Waals surface area contributed by atoms with E-state index in [1.165, 1.54) is 11.8 Å². The van der Waals surface area contributed by atoms with Crippen LogP contribution < -0.4 is 0 Å². The minimum Gasteiger partial charge on any atom is -0.341 e. The summed E-state index contributed by atoms with van der Waals surface area (Å²) in [7, 11) is 0. The number of halogens is 3. The molecule has 0 radical (unpaired) electrons. The van der Waals surface area contributed by atoms with Gasteiger partial charge in [-0.2, -0.15) is 13.2 Å². The molecule has 0 aliphatic carbocycles. The van der Waals surface area contributed by atoms with Gasteiger partial charge in [0.05, 0.1) is 0 Å². The first-order valence-electron chi connectivity index (χ1n) is 4.94. The zero-order valence-electron chi connectivity index (χ0n) is 8.88. The molecule has 0 aromatic carbocycles. The Labute approximate surface area is 91.0 Å². The number of amides is 2. The van der Waals surface area contributed by atoms with E-state index >= 15 is 0 Å². The van der Waals surface area contributed by atoms with E-state index < -0.39 is 12.1 Å². The molecule has 0 aromatic rings. The maximum absolute atomic E-state index is 12.2. The number of rotatable bonds is 0. The van der Waals surface area contributed by atoms with Crippen molar-refractivity contribution in [1.82, 2.24) is 9.80 Å². The van der Waals surface area contributed by atoms with E-state index in [4.69, 9.17) is 0 Å². The largest absolute Gasteiger partial charge is 0.471 e. The van der Waals surface area contributed by atoms with Gasteiger partial charge in [0.25, 0.3) is 0 Å². The molecule has 1 saturated heterocycles. The highest BCUT2D eigenvalue weighted by atomic mass is 19.4. The van der Waals surface area contributed by atoms with Gasteiger partial charge in [-0.1, -0.05) is 0 Å². The Hall–Kier alpha value is -1.27. The second kappa shape index (κ2) is 4.71. The van der Waals surface area contributed by atoms with Crippen molar-refractivity contribution in [2.45, 2.75) is 19.5 Å². The summed E-state index contributed by atoms with van der Waals surface area (Å²) >= 11 is 0. The van der Waals surface area contributed by atoms with Crippen LogP contribution in [0.3, 0.4) is 0 Å². The average molecular weight is 238 g/mol. The van der Waals surface area contributed by atoms with Crippen LogP contribution in [0.15, 0.2) is 0 Å². The molecule has 0 atom stereocenters. The molecule has 92 valence electrons. The Morgan fingerprint density at radius 2 is 1.50 bits per heavy atom. The smallest absolute Gasteiger partial charge is 0.341 e. The first-order chi connectivity index (χ1) is 7.32. The van der Waals surface area contributed by atoms with Crippen molar-refractivity contribution in [3.05, 3.63) is 0 Å². The van der Waals surface area contributed by atoms with Gasteiger partial charge in [0.15, 0.2) is 0 Å². The first-order valence-corrected chi connectivity index (χ1v) is 4.94. The lowest BCUT2D eigenvalue weighted by Gasteiger charge is -2.22. The van der Waals surface area contributed by atoms with E-state index in [0.717, 1.165) is 4.90 Å². The van der Waals surface area contributed by atoms with E-state index in [-0.39, 0.29) is 25.5 Å². The van der Waals surface area contributed by atoms with Crippen molar-refractivity contribution < 1.29 is 22.8 Å². The van der Waals surface area contributed by atoms with E-state index in [1.807, 2.05) is 0 Å².